The summed E-state index contributed by atoms with van der Waals surface area (Å²) in [4.78, 5) is 2.39. The van der Waals surface area contributed by atoms with Crippen molar-refractivity contribution < 1.29 is 4.74 Å². The van der Waals surface area contributed by atoms with Crippen molar-refractivity contribution in [1.82, 2.24) is 5.32 Å². The summed E-state index contributed by atoms with van der Waals surface area (Å²) in [5.74, 6) is 0. The zero-order valence-electron chi connectivity index (χ0n) is 13.4. The highest BCUT2D eigenvalue weighted by atomic mass is 35.5. The zero-order chi connectivity index (χ0) is 15.2. The number of hydrogen-bond donors (Lipinski definition) is 1. The number of benzene rings is 1. The van der Waals surface area contributed by atoms with Crippen LogP contribution in [-0.2, 0) is 11.3 Å². The second-order valence-corrected chi connectivity index (χ2v) is 6.35. The van der Waals surface area contributed by atoms with E-state index in [9.17, 15) is 0 Å². The fourth-order valence-corrected chi connectivity index (χ4v) is 2.99. The van der Waals surface area contributed by atoms with E-state index in [0.29, 0.717) is 12.1 Å². The van der Waals surface area contributed by atoms with E-state index in [0.717, 1.165) is 37.7 Å². The standard InChI is InChI=1S/C17H27ClN2O/c1-4-20(12-14-7-6-10-21-14)17-9-5-8-16(18)15(17)11-19-13(2)3/h5,8-9,13-14,19H,4,6-7,10-12H2,1-3H3. The molecule has 118 valence electrons. The van der Waals surface area contributed by atoms with Gasteiger partial charge in [-0.2, -0.15) is 0 Å². The highest BCUT2D eigenvalue weighted by molar-refractivity contribution is 6.31. The maximum atomic E-state index is 6.43. The van der Waals surface area contributed by atoms with Gasteiger partial charge < -0.3 is 15.0 Å². The van der Waals surface area contributed by atoms with Gasteiger partial charge >= 0.3 is 0 Å². The molecule has 4 heteroatoms. The lowest BCUT2D eigenvalue weighted by Gasteiger charge is -2.29. The highest BCUT2D eigenvalue weighted by Gasteiger charge is 2.20. The molecule has 1 aromatic rings. The molecule has 1 aliphatic heterocycles. The van der Waals surface area contributed by atoms with E-state index in [1.165, 1.54) is 17.7 Å². The first-order chi connectivity index (χ1) is 10.1. The Hall–Kier alpha value is -0.770. The lowest BCUT2D eigenvalue weighted by atomic mass is 10.1. The van der Waals surface area contributed by atoms with Crippen molar-refractivity contribution in [2.75, 3.05) is 24.6 Å². The van der Waals surface area contributed by atoms with Crippen LogP contribution in [0.4, 0.5) is 5.69 Å². The second kappa shape index (κ2) is 8.02. The van der Waals surface area contributed by atoms with Crippen molar-refractivity contribution >= 4 is 17.3 Å². The van der Waals surface area contributed by atoms with Crippen molar-refractivity contribution in [2.24, 2.45) is 0 Å². The lowest BCUT2D eigenvalue weighted by Crippen LogP contribution is -2.33. The third-order valence-electron chi connectivity index (χ3n) is 3.95. The van der Waals surface area contributed by atoms with Gasteiger partial charge in [0.05, 0.1) is 6.10 Å². The summed E-state index contributed by atoms with van der Waals surface area (Å²) < 4.78 is 5.78. The van der Waals surface area contributed by atoms with E-state index < -0.39 is 0 Å². The average Bonchev–Trinajstić information content (AvgIpc) is 2.96. The summed E-state index contributed by atoms with van der Waals surface area (Å²) in [6.45, 7) is 10.1. The number of nitrogens with one attached hydrogen (secondary N) is 1. The molecule has 0 spiro atoms. The van der Waals surface area contributed by atoms with Gasteiger partial charge in [0.1, 0.15) is 0 Å². The number of hydrogen-bond acceptors (Lipinski definition) is 3. The van der Waals surface area contributed by atoms with Crippen molar-refractivity contribution in [3.05, 3.63) is 28.8 Å². The SMILES string of the molecule is CCN(CC1CCCO1)c1cccc(Cl)c1CNC(C)C. The molecular weight excluding hydrogens is 284 g/mol. The van der Waals surface area contributed by atoms with Crippen molar-refractivity contribution in [3.8, 4) is 0 Å². The molecule has 3 nitrogen and oxygen atoms in total. The number of rotatable bonds is 7. The number of anilines is 1. The maximum Gasteiger partial charge on any atom is 0.0750 e. The van der Waals surface area contributed by atoms with Crippen LogP contribution in [0.5, 0.6) is 0 Å². The Kier molecular flexibility index (Phi) is 6.34. The quantitative estimate of drug-likeness (QED) is 0.828. The first-order valence-electron chi connectivity index (χ1n) is 7.99. The number of halogens is 1. The van der Waals surface area contributed by atoms with E-state index in [4.69, 9.17) is 16.3 Å². The third-order valence-corrected chi connectivity index (χ3v) is 4.31. The van der Waals surface area contributed by atoms with Gasteiger partial charge in [-0.1, -0.05) is 31.5 Å². The van der Waals surface area contributed by atoms with Gasteiger partial charge in [0, 0.05) is 48.6 Å². The molecule has 0 amide bonds. The smallest absolute Gasteiger partial charge is 0.0750 e. The number of nitrogens with zero attached hydrogens (tertiary/aromatic N) is 1. The number of likely N-dealkylation sites (N-methyl/N-ethyl adjacent to an activating group) is 1. The Morgan fingerprint density at radius 1 is 1.43 bits per heavy atom. The van der Waals surface area contributed by atoms with Gasteiger partial charge in [-0.3, -0.25) is 0 Å². The van der Waals surface area contributed by atoms with Gasteiger partial charge in [-0.25, -0.2) is 0 Å². The van der Waals surface area contributed by atoms with Gasteiger partial charge in [-0.05, 0) is 31.9 Å². The zero-order valence-corrected chi connectivity index (χ0v) is 14.1. The molecule has 0 saturated carbocycles. The largest absolute Gasteiger partial charge is 0.376 e. The minimum absolute atomic E-state index is 0.356. The first-order valence-corrected chi connectivity index (χ1v) is 8.37. The molecule has 1 saturated heterocycles. The Morgan fingerprint density at radius 3 is 2.86 bits per heavy atom. The fourth-order valence-electron chi connectivity index (χ4n) is 2.76. The Balaban J connectivity index is 2.16. The summed E-state index contributed by atoms with van der Waals surface area (Å²) in [7, 11) is 0. The van der Waals surface area contributed by atoms with Crippen LogP contribution in [0, 0.1) is 0 Å². The van der Waals surface area contributed by atoms with E-state index >= 15 is 0 Å². The summed E-state index contributed by atoms with van der Waals surface area (Å²) in [5.41, 5.74) is 2.42. The van der Waals surface area contributed by atoms with Crippen LogP contribution in [0.25, 0.3) is 0 Å². The third kappa shape index (κ3) is 4.60. The summed E-state index contributed by atoms with van der Waals surface area (Å²) in [5, 5.41) is 4.31. The van der Waals surface area contributed by atoms with Crippen molar-refractivity contribution in [1.29, 1.82) is 0 Å². The van der Waals surface area contributed by atoms with Crippen LogP contribution in [0.15, 0.2) is 18.2 Å². The lowest BCUT2D eigenvalue weighted by molar-refractivity contribution is 0.115. The summed E-state index contributed by atoms with van der Waals surface area (Å²) >= 11 is 6.43. The molecule has 0 radical (unpaired) electrons. The molecule has 1 atom stereocenters. The van der Waals surface area contributed by atoms with Gasteiger partial charge in [-0.15, -0.1) is 0 Å². The summed E-state index contributed by atoms with van der Waals surface area (Å²) in [6, 6.07) is 6.63. The summed E-state index contributed by atoms with van der Waals surface area (Å²) in [6.07, 6.45) is 2.70. The van der Waals surface area contributed by atoms with Gasteiger partial charge in [0.25, 0.3) is 0 Å². The fraction of sp³-hybridized carbons (Fsp3) is 0.647. The van der Waals surface area contributed by atoms with Crippen LogP contribution in [-0.4, -0.2) is 31.8 Å². The second-order valence-electron chi connectivity index (χ2n) is 5.95. The van der Waals surface area contributed by atoms with Gasteiger partial charge in [0.2, 0.25) is 0 Å². The van der Waals surface area contributed by atoms with Crippen LogP contribution >= 0.6 is 11.6 Å². The van der Waals surface area contributed by atoms with Gasteiger partial charge in [0.15, 0.2) is 0 Å². The molecule has 2 rings (SSSR count). The van der Waals surface area contributed by atoms with Crippen molar-refractivity contribution in [3.63, 3.8) is 0 Å². The van der Waals surface area contributed by atoms with Crippen LogP contribution in [0.3, 0.4) is 0 Å². The van der Waals surface area contributed by atoms with E-state index in [2.05, 4.69) is 37.1 Å². The molecule has 0 aromatic heterocycles. The molecule has 1 aromatic carbocycles. The molecule has 1 aliphatic rings. The highest BCUT2D eigenvalue weighted by Crippen LogP contribution is 2.29. The van der Waals surface area contributed by atoms with Crippen molar-refractivity contribution in [2.45, 2.75) is 52.3 Å². The molecule has 1 N–H and O–H groups in total. The molecule has 1 fully saturated rings. The molecule has 0 bridgehead atoms. The molecule has 21 heavy (non-hydrogen) atoms. The Labute approximate surface area is 133 Å². The van der Waals surface area contributed by atoms with Crippen LogP contribution in [0.2, 0.25) is 5.02 Å². The molecular formula is C17H27ClN2O. The molecule has 1 heterocycles. The maximum absolute atomic E-state index is 6.43. The van der Waals surface area contributed by atoms with E-state index in [-0.39, 0.29) is 0 Å². The molecule has 0 aliphatic carbocycles. The number of ether oxygens (including phenoxy) is 1. The minimum atomic E-state index is 0.356. The molecule has 1 unspecified atom stereocenters. The van der Waals surface area contributed by atoms with Crippen LogP contribution in [0.1, 0.15) is 39.2 Å². The minimum Gasteiger partial charge on any atom is -0.376 e. The topological polar surface area (TPSA) is 24.5 Å². The Morgan fingerprint density at radius 2 is 2.24 bits per heavy atom. The predicted molar refractivity (Wildman–Crippen MR) is 90.3 cm³/mol. The predicted octanol–water partition coefficient (Wildman–Crippen LogP) is 3.84. The monoisotopic (exact) mass is 310 g/mol. The van der Waals surface area contributed by atoms with E-state index in [1.807, 2.05) is 12.1 Å². The normalized spacial score (nSPS) is 18.4. The van der Waals surface area contributed by atoms with Crippen LogP contribution < -0.4 is 10.2 Å². The first kappa shape index (κ1) is 16.6. The van der Waals surface area contributed by atoms with E-state index in [1.54, 1.807) is 0 Å². The average molecular weight is 311 g/mol. The Bertz CT molecular complexity index is 444.